The van der Waals surface area contributed by atoms with Crippen LogP contribution in [0.2, 0.25) is 0 Å². The second-order valence-corrected chi connectivity index (χ2v) is 4.13. The number of ether oxygens (including phenoxy) is 1. The average molecular weight is 188 g/mol. The third-order valence-electron chi connectivity index (χ3n) is 1.81. The van der Waals surface area contributed by atoms with Crippen molar-refractivity contribution in [2.75, 3.05) is 0 Å². The Balaban J connectivity index is 4.35. The largest absolute Gasteiger partial charge is 0.588 e. The van der Waals surface area contributed by atoms with Gasteiger partial charge in [0.1, 0.15) is 5.92 Å². The van der Waals surface area contributed by atoms with Crippen LogP contribution >= 0.6 is 0 Å². The van der Waals surface area contributed by atoms with Gasteiger partial charge in [-0.1, -0.05) is 13.8 Å². The summed E-state index contributed by atoms with van der Waals surface area (Å²) in [5, 5.41) is 10.4. The van der Waals surface area contributed by atoms with E-state index in [1.807, 2.05) is 34.6 Å². The maximum atomic E-state index is 10.4. The van der Waals surface area contributed by atoms with Crippen LogP contribution in [0.3, 0.4) is 0 Å². The molecule has 0 aliphatic heterocycles. The predicted molar refractivity (Wildman–Crippen MR) is 49.9 cm³/mol. The lowest BCUT2D eigenvalue weighted by Crippen LogP contribution is -2.31. The molecule has 0 saturated heterocycles. The van der Waals surface area contributed by atoms with Crippen molar-refractivity contribution in [2.45, 2.75) is 53.1 Å². The van der Waals surface area contributed by atoms with Gasteiger partial charge in [0.25, 0.3) is 0 Å². The quantitative estimate of drug-likeness (QED) is 0.292. The molecule has 0 aromatic heterocycles. The van der Waals surface area contributed by atoms with Crippen LogP contribution in [0.15, 0.2) is 0 Å². The van der Waals surface area contributed by atoms with Gasteiger partial charge in [-0.25, -0.2) is 0 Å². The van der Waals surface area contributed by atoms with Gasteiger partial charge in [-0.05, 0) is 12.8 Å². The molecule has 3 nitrogen and oxygen atoms in total. The molecule has 0 unspecified atom stereocenters. The van der Waals surface area contributed by atoms with Gasteiger partial charge >= 0.3 is 5.97 Å². The molecular formula is C10H20O3. The zero-order valence-corrected chi connectivity index (χ0v) is 9.22. The molecule has 0 aromatic rings. The molecule has 0 fully saturated rings. The van der Waals surface area contributed by atoms with Crippen LogP contribution in [-0.2, 0) is 9.31 Å². The molecular weight excluding hydrogens is 168 g/mol. The van der Waals surface area contributed by atoms with Gasteiger partial charge in [-0.15, -0.1) is 0 Å². The monoisotopic (exact) mass is 188 g/mol. The fourth-order valence-electron chi connectivity index (χ4n) is 1.09. The fraction of sp³-hybridized carbons (Fsp3) is 0.900. The van der Waals surface area contributed by atoms with E-state index in [1.54, 1.807) is 0 Å². The van der Waals surface area contributed by atoms with Crippen LogP contribution in [0.1, 0.15) is 47.5 Å². The first-order chi connectivity index (χ1) is 5.94. The molecule has 0 N–H and O–H groups in total. The van der Waals surface area contributed by atoms with E-state index in [2.05, 4.69) is 4.58 Å². The highest BCUT2D eigenvalue weighted by molar-refractivity contribution is 5.72. The van der Waals surface area contributed by atoms with Gasteiger partial charge in [0, 0.05) is 20.8 Å². The minimum Gasteiger partial charge on any atom is -0.588 e. The standard InChI is InChI=1S/C10H20O3/c1-6-8(7-2)9(13-11)12-10(3,4)5/h8H,6-7H2,1-5H3. The first-order valence-electron chi connectivity index (χ1n) is 4.80. The molecule has 0 spiro atoms. The zero-order valence-electron chi connectivity index (χ0n) is 9.22. The number of hydrogen-bond donors (Lipinski definition) is 0. The highest BCUT2D eigenvalue weighted by atomic mass is 17.1. The highest BCUT2D eigenvalue weighted by Gasteiger charge is 2.31. The van der Waals surface area contributed by atoms with Crippen LogP contribution < -0.4 is 5.26 Å². The SMILES string of the molecule is CCC(CC)C(OC(C)(C)C)=[O+][O-]. The van der Waals surface area contributed by atoms with Gasteiger partial charge in [-0.2, -0.15) is 0 Å². The molecule has 0 aliphatic rings. The van der Waals surface area contributed by atoms with Crippen molar-refractivity contribution in [3.8, 4) is 0 Å². The Kier molecular flexibility index (Phi) is 4.81. The summed E-state index contributed by atoms with van der Waals surface area (Å²) in [6, 6.07) is 0. The van der Waals surface area contributed by atoms with Gasteiger partial charge < -0.3 is 9.99 Å². The lowest BCUT2D eigenvalue weighted by molar-refractivity contribution is -1.05. The summed E-state index contributed by atoms with van der Waals surface area (Å²) in [7, 11) is 0. The van der Waals surface area contributed by atoms with Crippen LogP contribution in [0.4, 0.5) is 0 Å². The Labute approximate surface area is 80.3 Å². The molecule has 0 atom stereocenters. The van der Waals surface area contributed by atoms with Crippen molar-refractivity contribution in [1.82, 2.24) is 0 Å². The van der Waals surface area contributed by atoms with E-state index in [-0.39, 0.29) is 17.5 Å². The van der Waals surface area contributed by atoms with Gasteiger partial charge in [-0.3, -0.25) is 4.58 Å². The van der Waals surface area contributed by atoms with Gasteiger partial charge in [0.05, 0.1) is 0 Å². The molecule has 0 bridgehead atoms. The molecule has 0 heterocycles. The lowest BCUT2D eigenvalue weighted by Gasteiger charge is -2.15. The van der Waals surface area contributed by atoms with E-state index in [1.165, 1.54) is 0 Å². The number of hydrogen-bond acceptors (Lipinski definition) is 2. The van der Waals surface area contributed by atoms with Gasteiger partial charge in [0.15, 0.2) is 5.60 Å². The van der Waals surface area contributed by atoms with E-state index < -0.39 is 0 Å². The summed E-state index contributed by atoms with van der Waals surface area (Å²) in [5.74, 6) is 0.328. The zero-order chi connectivity index (χ0) is 10.5. The van der Waals surface area contributed by atoms with Crippen molar-refractivity contribution >= 4 is 5.97 Å². The molecule has 3 heteroatoms. The number of carbonyl (C=O) groups excluding carboxylic acids is 1. The first-order valence-corrected chi connectivity index (χ1v) is 4.80. The van der Waals surface area contributed by atoms with Crippen LogP contribution in [0.25, 0.3) is 0 Å². The van der Waals surface area contributed by atoms with Crippen molar-refractivity contribution in [3.05, 3.63) is 0 Å². The first kappa shape index (κ1) is 12.3. The minimum absolute atomic E-state index is 0.108. The Morgan fingerprint density at radius 1 is 1.31 bits per heavy atom. The van der Waals surface area contributed by atoms with Crippen molar-refractivity contribution in [1.29, 1.82) is 0 Å². The summed E-state index contributed by atoms with van der Waals surface area (Å²) in [6.45, 7) is 9.72. The van der Waals surface area contributed by atoms with E-state index in [9.17, 15) is 5.26 Å². The summed E-state index contributed by atoms with van der Waals surface area (Å²) in [6.07, 6.45) is 1.73. The molecule has 0 amide bonds. The maximum absolute atomic E-state index is 10.4. The smallest absolute Gasteiger partial charge is 0.500 e. The summed E-state index contributed by atoms with van der Waals surface area (Å²) < 4.78 is 9.43. The van der Waals surface area contributed by atoms with Crippen molar-refractivity contribution < 1.29 is 14.6 Å². The second kappa shape index (κ2) is 5.10. The molecule has 0 saturated carbocycles. The Bertz CT molecular complexity index is 163. The molecule has 13 heavy (non-hydrogen) atoms. The molecule has 0 radical (unpaired) electrons. The summed E-state index contributed by atoms with van der Waals surface area (Å²) >= 11 is 0. The van der Waals surface area contributed by atoms with Crippen molar-refractivity contribution in [2.24, 2.45) is 5.92 Å². The summed E-state index contributed by atoms with van der Waals surface area (Å²) in [5.41, 5.74) is -0.359. The van der Waals surface area contributed by atoms with Crippen molar-refractivity contribution in [3.63, 3.8) is 0 Å². The third kappa shape index (κ3) is 4.76. The topological polar surface area (TPSA) is 43.6 Å². The third-order valence-corrected chi connectivity index (χ3v) is 1.81. The minimum atomic E-state index is -0.359. The average Bonchev–Trinajstić information content (AvgIpc) is 2.02. The molecule has 78 valence electrons. The second-order valence-electron chi connectivity index (χ2n) is 4.13. The van der Waals surface area contributed by atoms with Crippen LogP contribution in [0.5, 0.6) is 0 Å². The Morgan fingerprint density at radius 3 is 2.00 bits per heavy atom. The normalized spacial score (nSPS) is 13.5. The van der Waals surface area contributed by atoms with E-state index in [4.69, 9.17) is 4.74 Å². The predicted octanol–water partition coefficient (Wildman–Crippen LogP) is 1.58. The molecule has 0 aliphatic carbocycles. The molecule has 0 rings (SSSR count). The highest BCUT2D eigenvalue weighted by Crippen LogP contribution is 2.16. The van der Waals surface area contributed by atoms with E-state index >= 15 is 0 Å². The van der Waals surface area contributed by atoms with Gasteiger partial charge in [0.2, 0.25) is 0 Å². The summed E-state index contributed by atoms with van der Waals surface area (Å²) in [4.78, 5) is 0. The Morgan fingerprint density at radius 2 is 1.77 bits per heavy atom. The molecule has 0 aromatic carbocycles. The van der Waals surface area contributed by atoms with E-state index in [0.29, 0.717) is 0 Å². The Hall–Kier alpha value is -0.730. The van der Waals surface area contributed by atoms with Crippen LogP contribution in [0, 0.1) is 5.92 Å². The van der Waals surface area contributed by atoms with Crippen LogP contribution in [-0.4, -0.2) is 11.6 Å². The van der Waals surface area contributed by atoms with E-state index in [0.717, 1.165) is 12.8 Å². The maximum Gasteiger partial charge on any atom is 0.500 e. The fourth-order valence-corrected chi connectivity index (χ4v) is 1.09. The number of esters is 1. The lowest BCUT2D eigenvalue weighted by atomic mass is 10.0. The number of rotatable bonds is 3.